The van der Waals surface area contributed by atoms with Gasteiger partial charge < -0.3 is 0 Å². The lowest BCUT2D eigenvalue weighted by molar-refractivity contribution is -0.125. The molecule has 2 heterocycles. The molecule has 0 fully saturated rings. The maximum Gasteiger partial charge on any atom is 0.264 e. The predicted octanol–water partition coefficient (Wildman–Crippen LogP) is 7.65. The summed E-state index contributed by atoms with van der Waals surface area (Å²) in [5.74, 6) is -0.951. The molecule has 7 heteroatoms. The Balaban J connectivity index is 1.62. The molecular formula is C38H31N3O3S. The highest BCUT2D eigenvalue weighted by molar-refractivity contribution is 7.92. The van der Waals surface area contributed by atoms with Gasteiger partial charge in [-0.25, -0.2) is 8.42 Å². The number of carbonyl (C=O) groups excluding carboxylic acids is 1. The Hall–Kier alpha value is -5.27. The number of benzene rings is 5. The van der Waals surface area contributed by atoms with E-state index < -0.39 is 27.4 Å². The van der Waals surface area contributed by atoms with Crippen molar-refractivity contribution in [3.63, 3.8) is 0 Å². The number of amides is 1. The highest BCUT2D eigenvalue weighted by Gasteiger charge is 2.66. The van der Waals surface area contributed by atoms with Gasteiger partial charge in [-0.3, -0.25) is 9.10 Å². The SMILES string of the molecule is C=C[C@H]1c2ccccc2N(S(=O)(=O)c2ccc(C)cc2)[C@@H](c2ccccc2)[C@]12C(=O)N(c1ccccc1)N=C2c1ccccc1. The molecule has 222 valence electrons. The molecule has 7 rings (SSSR count). The van der Waals surface area contributed by atoms with Gasteiger partial charge in [-0.2, -0.15) is 10.1 Å². The van der Waals surface area contributed by atoms with E-state index in [4.69, 9.17) is 5.10 Å². The van der Waals surface area contributed by atoms with Gasteiger partial charge in [0.25, 0.3) is 15.9 Å². The molecule has 45 heavy (non-hydrogen) atoms. The average molecular weight is 610 g/mol. The number of anilines is 2. The Morgan fingerprint density at radius 1 is 0.756 bits per heavy atom. The topological polar surface area (TPSA) is 70.1 Å². The summed E-state index contributed by atoms with van der Waals surface area (Å²) in [4.78, 5) is 15.6. The van der Waals surface area contributed by atoms with Crippen LogP contribution in [0.3, 0.4) is 0 Å². The second-order valence-corrected chi connectivity index (χ2v) is 13.2. The summed E-state index contributed by atoms with van der Waals surface area (Å²) >= 11 is 0. The lowest BCUT2D eigenvalue weighted by atomic mass is 9.59. The molecule has 3 atom stereocenters. The van der Waals surface area contributed by atoms with Crippen molar-refractivity contribution in [2.75, 3.05) is 9.31 Å². The molecule has 5 aromatic carbocycles. The van der Waals surface area contributed by atoms with Crippen molar-refractivity contribution in [3.8, 4) is 0 Å². The van der Waals surface area contributed by atoms with Gasteiger partial charge in [0.2, 0.25) is 0 Å². The first-order valence-corrected chi connectivity index (χ1v) is 16.2. The van der Waals surface area contributed by atoms with Crippen molar-refractivity contribution < 1.29 is 13.2 Å². The van der Waals surface area contributed by atoms with E-state index >= 15 is 13.2 Å². The Morgan fingerprint density at radius 2 is 1.33 bits per heavy atom. The number of fused-ring (bicyclic) bond motifs is 1. The van der Waals surface area contributed by atoms with E-state index in [2.05, 4.69) is 6.58 Å². The smallest absolute Gasteiger partial charge is 0.264 e. The summed E-state index contributed by atoms with van der Waals surface area (Å²) in [6, 6.07) is 41.4. The fraction of sp³-hybridized carbons (Fsp3) is 0.105. The maximum atomic E-state index is 15.4. The van der Waals surface area contributed by atoms with E-state index in [1.165, 1.54) is 9.31 Å². The number of rotatable bonds is 6. The highest BCUT2D eigenvalue weighted by Crippen LogP contribution is 2.62. The summed E-state index contributed by atoms with van der Waals surface area (Å²) in [7, 11) is -4.22. The van der Waals surface area contributed by atoms with Gasteiger partial charge in [-0.1, -0.05) is 121 Å². The van der Waals surface area contributed by atoms with Crippen LogP contribution >= 0.6 is 0 Å². The zero-order valence-corrected chi connectivity index (χ0v) is 25.5. The molecule has 1 spiro atoms. The van der Waals surface area contributed by atoms with Crippen molar-refractivity contribution in [1.82, 2.24) is 0 Å². The summed E-state index contributed by atoms with van der Waals surface area (Å²) in [6.07, 6.45) is 1.77. The van der Waals surface area contributed by atoms with Crippen molar-refractivity contribution in [3.05, 3.63) is 174 Å². The molecule has 0 aliphatic carbocycles. The van der Waals surface area contributed by atoms with Gasteiger partial charge in [0, 0.05) is 5.92 Å². The van der Waals surface area contributed by atoms with E-state index in [9.17, 15) is 0 Å². The number of para-hydroxylation sites is 2. The van der Waals surface area contributed by atoms with Crippen LogP contribution in [0.15, 0.2) is 162 Å². The first kappa shape index (κ1) is 28.5. The van der Waals surface area contributed by atoms with Crippen LogP contribution in [0.5, 0.6) is 0 Å². The van der Waals surface area contributed by atoms with Crippen LogP contribution in [-0.4, -0.2) is 20.0 Å². The van der Waals surface area contributed by atoms with Gasteiger partial charge in [0.05, 0.1) is 28.0 Å². The number of hydrazone groups is 1. The molecule has 2 aliphatic heterocycles. The Morgan fingerprint density at radius 3 is 1.98 bits per heavy atom. The minimum Gasteiger partial charge on any atom is -0.271 e. The summed E-state index contributed by atoms with van der Waals surface area (Å²) in [5, 5.41) is 6.50. The number of carbonyl (C=O) groups is 1. The van der Waals surface area contributed by atoms with E-state index in [1.54, 1.807) is 30.3 Å². The Kier molecular flexibility index (Phi) is 6.98. The number of aryl methyl sites for hydroxylation is 1. The number of hydrogen-bond acceptors (Lipinski definition) is 4. The van der Waals surface area contributed by atoms with Crippen LogP contribution < -0.4 is 9.31 Å². The van der Waals surface area contributed by atoms with E-state index in [-0.39, 0.29) is 10.8 Å². The summed E-state index contributed by atoms with van der Waals surface area (Å²) in [6.45, 7) is 6.17. The first-order valence-electron chi connectivity index (χ1n) is 14.8. The van der Waals surface area contributed by atoms with E-state index in [0.717, 1.165) is 11.1 Å². The lowest BCUT2D eigenvalue weighted by Crippen LogP contribution is -2.58. The summed E-state index contributed by atoms with van der Waals surface area (Å²) < 4.78 is 31.5. The molecule has 2 aliphatic rings. The number of allylic oxidation sites excluding steroid dienone is 1. The normalized spacial score (nSPS) is 21.0. The van der Waals surface area contributed by atoms with Crippen LogP contribution in [0.2, 0.25) is 0 Å². The van der Waals surface area contributed by atoms with Gasteiger partial charge in [-0.15, -0.1) is 6.58 Å². The molecular weight excluding hydrogens is 579 g/mol. The number of nitrogens with zero attached hydrogens (tertiary/aromatic N) is 3. The monoisotopic (exact) mass is 609 g/mol. The minimum absolute atomic E-state index is 0.139. The maximum absolute atomic E-state index is 15.4. The fourth-order valence-electron chi connectivity index (χ4n) is 6.80. The van der Waals surface area contributed by atoms with Crippen molar-refractivity contribution >= 4 is 33.0 Å². The highest BCUT2D eigenvalue weighted by atomic mass is 32.2. The third-order valence-corrected chi connectivity index (χ3v) is 10.6. The predicted molar refractivity (Wildman–Crippen MR) is 179 cm³/mol. The molecule has 0 aromatic heterocycles. The number of hydrogen-bond donors (Lipinski definition) is 0. The van der Waals surface area contributed by atoms with Crippen LogP contribution in [0.1, 0.15) is 34.2 Å². The molecule has 1 amide bonds. The second-order valence-electron chi connectivity index (χ2n) is 11.3. The quantitative estimate of drug-likeness (QED) is 0.186. The van der Waals surface area contributed by atoms with Gasteiger partial charge >= 0.3 is 0 Å². The first-order chi connectivity index (χ1) is 21.9. The Labute approximate surface area is 263 Å². The van der Waals surface area contributed by atoms with Crippen LogP contribution in [0, 0.1) is 12.3 Å². The molecule has 0 radical (unpaired) electrons. The van der Waals surface area contributed by atoms with E-state index in [0.29, 0.717) is 28.2 Å². The van der Waals surface area contributed by atoms with Crippen LogP contribution in [0.25, 0.3) is 0 Å². The lowest BCUT2D eigenvalue weighted by Gasteiger charge is -2.51. The van der Waals surface area contributed by atoms with E-state index in [1.807, 2.05) is 122 Å². The van der Waals surface area contributed by atoms with Crippen LogP contribution in [-0.2, 0) is 14.8 Å². The number of sulfonamides is 1. The molecule has 6 nitrogen and oxygen atoms in total. The fourth-order valence-corrected chi connectivity index (χ4v) is 8.50. The van der Waals surface area contributed by atoms with Crippen molar-refractivity contribution in [2.45, 2.75) is 23.8 Å². The Bertz CT molecular complexity index is 2030. The minimum atomic E-state index is -4.22. The van der Waals surface area contributed by atoms with Crippen LogP contribution in [0.4, 0.5) is 11.4 Å². The second kappa shape index (κ2) is 11.0. The standard InChI is InChI=1S/C38H31N3O3S/c1-3-33-32-21-13-14-22-34(32)41(45(43,44)31-25-23-27(2)24-26-31)36(29-17-9-5-10-18-29)38(33)35(28-15-7-4-8-16-28)39-40(37(38)42)30-19-11-6-12-20-30/h3-26,33,36H,1H2,2H3/t33-,36-,38-/m0/s1. The summed E-state index contributed by atoms with van der Waals surface area (Å²) in [5.41, 5.74) is 3.07. The van der Waals surface area contributed by atoms with Crippen molar-refractivity contribution in [1.29, 1.82) is 0 Å². The molecule has 0 N–H and O–H groups in total. The third-order valence-electron chi connectivity index (χ3n) is 8.78. The van der Waals surface area contributed by atoms with Gasteiger partial charge in [0.15, 0.2) is 0 Å². The van der Waals surface area contributed by atoms with Gasteiger partial charge in [0.1, 0.15) is 5.41 Å². The molecule has 0 saturated heterocycles. The zero-order valence-electron chi connectivity index (χ0n) is 24.7. The average Bonchev–Trinajstić information content (AvgIpc) is 3.38. The molecule has 0 unspecified atom stereocenters. The van der Waals surface area contributed by atoms with Gasteiger partial charge in [-0.05, 0) is 53.9 Å². The largest absolute Gasteiger partial charge is 0.271 e. The zero-order chi connectivity index (χ0) is 31.2. The van der Waals surface area contributed by atoms with Crippen molar-refractivity contribution in [2.24, 2.45) is 10.5 Å². The molecule has 5 aromatic rings. The third kappa shape index (κ3) is 4.34. The molecule has 0 saturated carbocycles. The molecule has 0 bridgehead atoms.